The molecule has 0 amide bonds. The summed E-state index contributed by atoms with van der Waals surface area (Å²) in [6.45, 7) is 3.93. The number of esters is 1. The summed E-state index contributed by atoms with van der Waals surface area (Å²) >= 11 is 0. The Morgan fingerprint density at radius 1 is 0.913 bits per heavy atom. The number of pyridine rings is 1. The van der Waals surface area contributed by atoms with Crippen molar-refractivity contribution < 1.29 is 9.53 Å². The molecule has 0 aliphatic heterocycles. The fraction of sp³-hybridized carbons (Fsp3) is 0.100. The van der Waals surface area contributed by atoms with Crippen molar-refractivity contribution in [2.75, 3.05) is 0 Å². The SMILES string of the molecule is Cc1cc(C)cc(C(=O)Oc2ccccc2-c2ccccn2)c1. The molecule has 1 aromatic heterocycles. The molecule has 0 N–H and O–H groups in total. The number of para-hydroxylation sites is 1. The molecule has 3 aromatic rings. The van der Waals surface area contributed by atoms with Crippen molar-refractivity contribution in [3.63, 3.8) is 0 Å². The van der Waals surface area contributed by atoms with E-state index in [2.05, 4.69) is 4.98 Å². The van der Waals surface area contributed by atoms with Crippen molar-refractivity contribution in [1.29, 1.82) is 0 Å². The second-order valence-electron chi connectivity index (χ2n) is 5.48. The van der Waals surface area contributed by atoms with E-state index in [-0.39, 0.29) is 5.97 Å². The lowest BCUT2D eigenvalue weighted by Crippen LogP contribution is -2.10. The summed E-state index contributed by atoms with van der Waals surface area (Å²) in [4.78, 5) is 16.8. The van der Waals surface area contributed by atoms with Crippen LogP contribution in [0.4, 0.5) is 0 Å². The van der Waals surface area contributed by atoms with E-state index < -0.39 is 0 Å². The molecule has 0 unspecified atom stereocenters. The highest BCUT2D eigenvalue weighted by Gasteiger charge is 2.13. The quantitative estimate of drug-likeness (QED) is 0.525. The minimum atomic E-state index is -0.361. The molecule has 0 radical (unpaired) electrons. The maximum atomic E-state index is 12.5. The standard InChI is InChI=1S/C20H17NO2/c1-14-11-15(2)13-16(12-14)20(22)23-19-9-4-3-7-17(19)18-8-5-6-10-21-18/h3-13H,1-2H3. The highest BCUT2D eigenvalue weighted by molar-refractivity contribution is 5.92. The van der Waals surface area contributed by atoms with Crippen molar-refractivity contribution >= 4 is 5.97 Å². The molecule has 23 heavy (non-hydrogen) atoms. The van der Waals surface area contributed by atoms with Gasteiger partial charge in [0.15, 0.2) is 0 Å². The van der Waals surface area contributed by atoms with Crippen LogP contribution in [-0.2, 0) is 0 Å². The van der Waals surface area contributed by atoms with E-state index in [1.165, 1.54) is 0 Å². The van der Waals surface area contributed by atoms with E-state index >= 15 is 0 Å². The summed E-state index contributed by atoms with van der Waals surface area (Å²) in [6, 6.07) is 18.8. The number of carbonyl (C=O) groups is 1. The zero-order chi connectivity index (χ0) is 16.2. The van der Waals surface area contributed by atoms with Gasteiger partial charge in [0.1, 0.15) is 5.75 Å². The first-order chi connectivity index (χ1) is 11.1. The third-order valence-corrected chi connectivity index (χ3v) is 3.49. The first kappa shape index (κ1) is 15.0. The van der Waals surface area contributed by atoms with Crippen LogP contribution in [0.3, 0.4) is 0 Å². The molecule has 0 aliphatic carbocycles. The number of hydrogen-bond donors (Lipinski definition) is 0. The Morgan fingerprint density at radius 2 is 1.61 bits per heavy atom. The predicted molar refractivity (Wildman–Crippen MR) is 90.5 cm³/mol. The van der Waals surface area contributed by atoms with Crippen molar-refractivity contribution in [1.82, 2.24) is 4.98 Å². The Hall–Kier alpha value is -2.94. The fourth-order valence-corrected chi connectivity index (χ4v) is 2.54. The van der Waals surface area contributed by atoms with E-state index in [1.54, 1.807) is 12.3 Å². The van der Waals surface area contributed by atoms with Crippen LogP contribution >= 0.6 is 0 Å². The highest BCUT2D eigenvalue weighted by Crippen LogP contribution is 2.28. The summed E-state index contributed by atoms with van der Waals surface area (Å²) < 4.78 is 5.62. The Morgan fingerprint density at radius 3 is 2.30 bits per heavy atom. The summed E-state index contributed by atoms with van der Waals surface area (Å²) in [5.41, 5.74) is 4.20. The minimum Gasteiger partial charge on any atom is -0.422 e. The van der Waals surface area contributed by atoms with Crippen LogP contribution in [0.2, 0.25) is 0 Å². The molecule has 114 valence electrons. The molecule has 3 nitrogen and oxygen atoms in total. The topological polar surface area (TPSA) is 39.2 Å². The maximum absolute atomic E-state index is 12.5. The summed E-state index contributed by atoms with van der Waals surface area (Å²) in [5.74, 6) is 0.149. The average molecular weight is 303 g/mol. The lowest BCUT2D eigenvalue weighted by Gasteiger charge is -2.10. The van der Waals surface area contributed by atoms with Gasteiger partial charge in [-0.2, -0.15) is 0 Å². The number of aryl methyl sites for hydroxylation is 2. The summed E-state index contributed by atoms with van der Waals surface area (Å²) in [7, 11) is 0. The molecule has 0 spiro atoms. The molecule has 0 atom stereocenters. The van der Waals surface area contributed by atoms with E-state index in [0.717, 1.165) is 22.4 Å². The van der Waals surface area contributed by atoms with Crippen LogP contribution in [0.15, 0.2) is 66.9 Å². The first-order valence-corrected chi connectivity index (χ1v) is 7.44. The lowest BCUT2D eigenvalue weighted by molar-refractivity contribution is 0.0735. The normalized spacial score (nSPS) is 10.3. The van der Waals surface area contributed by atoms with Crippen LogP contribution in [0.25, 0.3) is 11.3 Å². The second-order valence-corrected chi connectivity index (χ2v) is 5.48. The number of carbonyl (C=O) groups excluding carboxylic acids is 1. The van der Waals surface area contributed by atoms with Crippen LogP contribution in [0.5, 0.6) is 5.75 Å². The van der Waals surface area contributed by atoms with Gasteiger partial charge in [-0.05, 0) is 50.2 Å². The third kappa shape index (κ3) is 3.46. The predicted octanol–water partition coefficient (Wildman–Crippen LogP) is 4.58. The summed E-state index contributed by atoms with van der Waals surface area (Å²) in [6.07, 6.45) is 1.72. The van der Waals surface area contributed by atoms with Gasteiger partial charge in [0.05, 0.1) is 11.3 Å². The molecular formula is C20H17NO2. The van der Waals surface area contributed by atoms with E-state index in [4.69, 9.17) is 4.74 Å². The first-order valence-electron chi connectivity index (χ1n) is 7.44. The Bertz CT molecular complexity index is 821. The van der Waals surface area contributed by atoms with E-state index in [0.29, 0.717) is 11.3 Å². The van der Waals surface area contributed by atoms with Gasteiger partial charge in [-0.1, -0.05) is 35.4 Å². The van der Waals surface area contributed by atoms with E-state index in [1.807, 2.05) is 68.4 Å². The van der Waals surface area contributed by atoms with Gasteiger partial charge in [-0.3, -0.25) is 4.98 Å². The molecule has 3 rings (SSSR count). The molecule has 1 heterocycles. The number of benzene rings is 2. The van der Waals surface area contributed by atoms with E-state index in [9.17, 15) is 4.79 Å². The molecule has 0 aliphatic rings. The van der Waals surface area contributed by atoms with Crippen molar-refractivity contribution in [3.8, 4) is 17.0 Å². The van der Waals surface area contributed by atoms with Crippen LogP contribution in [0.1, 0.15) is 21.5 Å². The molecular weight excluding hydrogens is 286 g/mol. The molecule has 0 fully saturated rings. The van der Waals surface area contributed by atoms with Crippen LogP contribution < -0.4 is 4.74 Å². The van der Waals surface area contributed by atoms with Gasteiger partial charge in [0.2, 0.25) is 0 Å². The van der Waals surface area contributed by atoms with Gasteiger partial charge in [-0.25, -0.2) is 4.79 Å². The minimum absolute atomic E-state index is 0.361. The molecule has 0 saturated heterocycles. The summed E-state index contributed by atoms with van der Waals surface area (Å²) in [5, 5.41) is 0. The van der Waals surface area contributed by atoms with Crippen LogP contribution in [-0.4, -0.2) is 11.0 Å². The van der Waals surface area contributed by atoms with Crippen molar-refractivity contribution in [2.24, 2.45) is 0 Å². The largest absolute Gasteiger partial charge is 0.422 e. The molecule has 3 heteroatoms. The second kappa shape index (κ2) is 6.44. The number of aromatic nitrogens is 1. The van der Waals surface area contributed by atoms with Crippen LogP contribution in [0, 0.1) is 13.8 Å². The Kier molecular flexibility index (Phi) is 4.20. The zero-order valence-corrected chi connectivity index (χ0v) is 13.1. The Labute approximate surface area is 135 Å². The highest BCUT2D eigenvalue weighted by atomic mass is 16.5. The average Bonchev–Trinajstić information content (AvgIpc) is 2.55. The number of ether oxygens (including phenoxy) is 1. The number of rotatable bonds is 3. The molecule has 0 saturated carbocycles. The van der Waals surface area contributed by atoms with Crippen molar-refractivity contribution in [3.05, 3.63) is 83.6 Å². The maximum Gasteiger partial charge on any atom is 0.343 e. The molecule has 2 aromatic carbocycles. The lowest BCUT2D eigenvalue weighted by atomic mass is 10.1. The fourth-order valence-electron chi connectivity index (χ4n) is 2.54. The van der Waals surface area contributed by atoms with Crippen molar-refractivity contribution in [2.45, 2.75) is 13.8 Å². The monoisotopic (exact) mass is 303 g/mol. The Balaban J connectivity index is 1.93. The van der Waals surface area contributed by atoms with Gasteiger partial charge >= 0.3 is 5.97 Å². The number of hydrogen-bond acceptors (Lipinski definition) is 3. The van der Waals surface area contributed by atoms with Gasteiger partial charge in [-0.15, -0.1) is 0 Å². The number of nitrogens with zero attached hydrogens (tertiary/aromatic N) is 1. The molecule has 0 bridgehead atoms. The zero-order valence-electron chi connectivity index (χ0n) is 13.1. The van der Waals surface area contributed by atoms with Gasteiger partial charge in [0.25, 0.3) is 0 Å². The van der Waals surface area contributed by atoms with Gasteiger partial charge in [0, 0.05) is 11.8 Å². The third-order valence-electron chi connectivity index (χ3n) is 3.49. The smallest absolute Gasteiger partial charge is 0.343 e. The van der Waals surface area contributed by atoms with Gasteiger partial charge < -0.3 is 4.74 Å².